The fourth-order valence-corrected chi connectivity index (χ4v) is 2.38. The van der Waals surface area contributed by atoms with Gasteiger partial charge in [-0.15, -0.1) is 0 Å². The van der Waals surface area contributed by atoms with Crippen LogP contribution in [0.3, 0.4) is 0 Å². The highest BCUT2D eigenvalue weighted by atomic mass is 35.5. The van der Waals surface area contributed by atoms with E-state index >= 15 is 0 Å². The highest BCUT2D eigenvalue weighted by Crippen LogP contribution is 2.17. The molecule has 0 aliphatic heterocycles. The monoisotopic (exact) mass is 353 g/mol. The van der Waals surface area contributed by atoms with Gasteiger partial charge in [-0.1, -0.05) is 35.9 Å². The third kappa shape index (κ3) is 4.76. The Hall–Kier alpha value is -2.47. The molecule has 0 saturated heterocycles. The van der Waals surface area contributed by atoms with Gasteiger partial charge in [-0.3, -0.25) is 4.79 Å². The molecule has 0 saturated carbocycles. The van der Waals surface area contributed by atoms with E-state index in [2.05, 4.69) is 5.32 Å². The van der Waals surface area contributed by atoms with Gasteiger partial charge in [0.15, 0.2) is 11.6 Å². The Morgan fingerprint density at radius 1 is 1.12 bits per heavy atom. The fourth-order valence-electron chi connectivity index (χ4n) is 2.16. The van der Waals surface area contributed by atoms with Gasteiger partial charge in [-0.2, -0.15) is 0 Å². The number of carbonyl (C=O) groups is 2. The molecule has 0 heterocycles. The summed E-state index contributed by atoms with van der Waals surface area (Å²) in [7, 11) is 0. The molecule has 0 aliphatic rings. The van der Waals surface area contributed by atoms with E-state index in [4.69, 9.17) is 11.6 Å². The lowest BCUT2D eigenvalue weighted by Crippen LogP contribution is -2.43. The van der Waals surface area contributed by atoms with Crippen LogP contribution in [0.4, 0.5) is 8.78 Å². The van der Waals surface area contributed by atoms with Gasteiger partial charge in [0.2, 0.25) is 5.91 Å². The number of benzene rings is 2. The third-order valence-corrected chi connectivity index (χ3v) is 3.73. The molecular weight excluding hydrogens is 340 g/mol. The third-order valence-electron chi connectivity index (χ3n) is 3.36. The predicted octanol–water partition coefficient (Wildman–Crippen LogP) is 2.97. The molecule has 7 heteroatoms. The number of rotatable bonds is 6. The van der Waals surface area contributed by atoms with Crippen molar-refractivity contribution in [3.8, 4) is 0 Å². The van der Waals surface area contributed by atoms with Crippen molar-refractivity contribution >= 4 is 23.5 Å². The summed E-state index contributed by atoms with van der Waals surface area (Å²) in [6.07, 6.45) is -0.248. The highest BCUT2D eigenvalue weighted by molar-refractivity contribution is 6.31. The average Bonchev–Trinajstić information content (AvgIpc) is 2.52. The number of hydrogen-bond donors (Lipinski definition) is 2. The van der Waals surface area contributed by atoms with E-state index in [0.717, 1.165) is 12.1 Å². The van der Waals surface area contributed by atoms with Crippen molar-refractivity contribution in [1.82, 2.24) is 5.32 Å². The van der Waals surface area contributed by atoms with E-state index in [1.807, 2.05) is 0 Å². The summed E-state index contributed by atoms with van der Waals surface area (Å²) >= 11 is 5.99. The van der Waals surface area contributed by atoms with Crippen molar-refractivity contribution in [2.75, 3.05) is 0 Å². The minimum atomic E-state index is -1.21. The Kier molecular flexibility index (Phi) is 5.87. The van der Waals surface area contributed by atoms with Gasteiger partial charge >= 0.3 is 5.97 Å². The van der Waals surface area contributed by atoms with Crippen LogP contribution in [-0.2, 0) is 22.4 Å². The van der Waals surface area contributed by atoms with Gasteiger partial charge < -0.3 is 10.4 Å². The van der Waals surface area contributed by atoms with Crippen LogP contribution in [0.2, 0.25) is 5.02 Å². The second-order valence-corrected chi connectivity index (χ2v) is 5.59. The molecule has 0 aliphatic carbocycles. The van der Waals surface area contributed by atoms with Crippen LogP contribution in [0.15, 0.2) is 42.5 Å². The van der Waals surface area contributed by atoms with Gasteiger partial charge in [0.05, 0.1) is 6.42 Å². The van der Waals surface area contributed by atoms with E-state index < -0.39 is 29.6 Å². The number of amides is 1. The topological polar surface area (TPSA) is 66.4 Å². The summed E-state index contributed by atoms with van der Waals surface area (Å²) in [4.78, 5) is 23.3. The van der Waals surface area contributed by atoms with Crippen LogP contribution in [0.25, 0.3) is 0 Å². The maximum absolute atomic E-state index is 13.1. The number of carboxylic acids is 1. The molecule has 1 atom stereocenters. The Bertz CT molecular complexity index is 767. The summed E-state index contributed by atoms with van der Waals surface area (Å²) < 4.78 is 26.0. The summed E-state index contributed by atoms with van der Waals surface area (Å²) in [5.41, 5.74) is 0.827. The second-order valence-electron chi connectivity index (χ2n) is 5.18. The summed E-state index contributed by atoms with van der Waals surface area (Å²) in [5.74, 6) is -3.90. The van der Waals surface area contributed by atoms with Crippen molar-refractivity contribution in [3.05, 3.63) is 70.2 Å². The average molecular weight is 354 g/mol. The zero-order valence-corrected chi connectivity index (χ0v) is 13.2. The molecule has 0 unspecified atom stereocenters. The molecule has 4 nitrogen and oxygen atoms in total. The van der Waals surface area contributed by atoms with Gasteiger partial charge in [0.25, 0.3) is 0 Å². The standard InChI is InChI=1S/C17H14ClF2NO3/c18-12-4-2-1-3-11(12)9-15(17(23)24)21-16(22)8-10-5-6-13(19)14(20)7-10/h1-7,15H,8-9H2,(H,21,22)(H,23,24)/t15-/m0/s1. The van der Waals surface area contributed by atoms with Gasteiger partial charge in [-0.25, -0.2) is 13.6 Å². The molecule has 24 heavy (non-hydrogen) atoms. The number of carbonyl (C=O) groups excluding carboxylic acids is 1. The molecule has 0 spiro atoms. The van der Waals surface area contributed by atoms with E-state index in [1.165, 1.54) is 6.07 Å². The van der Waals surface area contributed by atoms with Gasteiger partial charge in [-0.05, 0) is 29.3 Å². The van der Waals surface area contributed by atoms with Crippen LogP contribution in [0.1, 0.15) is 11.1 Å². The number of halogens is 3. The van der Waals surface area contributed by atoms with Crippen LogP contribution in [0, 0.1) is 11.6 Å². The van der Waals surface area contributed by atoms with E-state index in [0.29, 0.717) is 10.6 Å². The van der Waals surface area contributed by atoms with Crippen LogP contribution < -0.4 is 5.32 Å². The van der Waals surface area contributed by atoms with Crippen molar-refractivity contribution in [2.45, 2.75) is 18.9 Å². The summed E-state index contributed by atoms with van der Waals surface area (Å²) in [5, 5.41) is 12.0. The van der Waals surface area contributed by atoms with Crippen molar-refractivity contribution < 1.29 is 23.5 Å². The first-order valence-electron chi connectivity index (χ1n) is 7.06. The van der Waals surface area contributed by atoms with Crippen LogP contribution >= 0.6 is 11.6 Å². The Morgan fingerprint density at radius 3 is 2.46 bits per heavy atom. The molecule has 0 fully saturated rings. The maximum Gasteiger partial charge on any atom is 0.326 e. The molecule has 2 rings (SSSR count). The number of nitrogens with one attached hydrogen (secondary N) is 1. The van der Waals surface area contributed by atoms with Gasteiger partial charge in [0.1, 0.15) is 6.04 Å². The molecule has 0 aromatic heterocycles. The van der Waals surface area contributed by atoms with Crippen molar-refractivity contribution in [2.24, 2.45) is 0 Å². The largest absolute Gasteiger partial charge is 0.480 e. The highest BCUT2D eigenvalue weighted by Gasteiger charge is 2.21. The first kappa shape index (κ1) is 17.9. The maximum atomic E-state index is 13.1. The second kappa shape index (κ2) is 7.88. The predicted molar refractivity (Wildman–Crippen MR) is 84.8 cm³/mol. The van der Waals surface area contributed by atoms with E-state index in [-0.39, 0.29) is 18.4 Å². The minimum Gasteiger partial charge on any atom is -0.480 e. The van der Waals surface area contributed by atoms with Crippen molar-refractivity contribution in [1.29, 1.82) is 0 Å². The molecule has 2 aromatic rings. The molecule has 1 amide bonds. The molecule has 2 aromatic carbocycles. The smallest absolute Gasteiger partial charge is 0.326 e. The first-order chi connectivity index (χ1) is 11.4. The van der Waals surface area contributed by atoms with Crippen molar-refractivity contribution in [3.63, 3.8) is 0 Å². The quantitative estimate of drug-likeness (QED) is 0.839. The van der Waals surface area contributed by atoms with E-state index in [9.17, 15) is 23.5 Å². The Morgan fingerprint density at radius 2 is 1.83 bits per heavy atom. The molecule has 0 bridgehead atoms. The minimum absolute atomic E-state index is 0.0124. The lowest BCUT2D eigenvalue weighted by molar-refractivity contribution is -0.141. The molecular formula is C17H14ClF2NO3. The lowest BCUT2D eigenvalue weighted by atomic mass is 10.1. The first-order valence-corrected chi connectivity index (χ1v) is 7.44. The zero-order valence-electron chi connectivity index (χ0n) is 12.4. The SMILES string of the molecule is O=C(Cc1ccc(F)c(F)c1)N[C@@H](Cc1ccccc1Cl)C(=O)O. The lowest BCUT2D eigenvalue weighted by Gasteiger charge is -2.15. The number of carboxylic acid groups (broad SMARTS) is 1. The van der Waals surface area contributed by atoms with Gasteiger partial charge in [0, 0.05) is 11.4 Å². The van der Waals surface area contributed by atoms with Crippen LogP contribution in [0.5, 0.6) is 0 Å². The zero-order chi connectivity index (χ0) is 17.7. The Labute approximate surface area is 142 Å². The summed E-state index contributed by atoms with van der Waals surface area (Å²) in [6.45, 7) is 0. The number of aliphatic carboxylic acids is 1. The number of hydrogen-bond acceptors (Lipinski definition) is 2. The normalized spacial score (nSPS) is 11.8. The molecule has 2 N–H and O–H groups in total. The summed E-state index contributed by atoms with van der Waals surface area (Å²) in [6, 6.07) is 8.62. The fraction of sp³-hybridized carbons (Fsp3) is 0.176. The molecule has 126 valence electrons. The van der Waals surface area contributed by atoms with Crippen LogP contribution in [-0.4, -0.2) is 23.0 Å². The molecule has 0 radical (unpaired) electrons. The Balaban J connectivity index is 2.04. The van der Waals surface area contributed by atoms with E-state index in [1.54, 1.807) is 24.3 Å².